The summed E-state index contributed by atoms with van der Waals surface area (Å²) in [7, 11) is 0. The Morgan fingerprint density at radius 3 is 2.58 bits per heavy atom. The number of piperidine rings is 1. The summed E-state index contributed by atoms with van der Waals surface area (Å²) in [5.41, 5.74) is 0. The molecule has 3 nitrogen and oxygen atoms in total. The van der Waals surface area contributed by atoms with Crippen LogP contribution in [0.3, 0.4) is 0 Å². The van der Waals surface area contributed by atoms with Gasteiger partial charge in [-0.25, -0.2) is 4.98 Å². The Kier molecular flexibility index (Phi) is 4.52. The zero-order valence-corrected chi connectivity index (χ0v) is 11.0. The maximum Gasteiger partial charge on any atom is 0.401 e. The van der Waals surface area contributed by atoms with E-state index in [1.807, 2.05) is 0 Å². The smallest absolute Gasteiger partial charge is 0.367 e. The van der Waals surface area contributed by atoms with Crippen molar-refractivity contribution in [1.82, 2.24) is 9.88 Å². The molecule has 1 aliphatic rings. The molecule has 0 aliphatic carbocycles. The van der Waals surface area contributed by atoms with E-state index in [1.165, 1.54) is 4.90 Å². The molecular weight excluding hydrogens is 279 g/mol. The number of likely N-dealkylation sites (tertiary alicyclic amines) is 1. The Bertz CT molecular complexity index is 417. The molecular formula is C12H15ClF3N3. The van der Waals surface area contributed by atoms with E-state index in [9.17, 15) is 13.2 Å². The van der Waals surface area contributed by atoms with Crippen LogP contribution >= 0.6 is 11.6 Å². The normalized spacial score (nSPS) is 18.5. The molecule has 0 amide bonds. The maximum atomic E-state index is 12.2. The number of rotatable bonds is 3. The molecule has 1 N–H and O–H groups in total. The van der Waals surface area contributed by atoms with E-state index >= 15 is 0 Å². The first kappa shape index (κ1) is 14.4. The Labute approximate surface area is 114 Å². The molecule has 19 heavy (non-hydrogen) atoms. The molecule has 0 spiro atoms. The van der Waals surface area contributed by atoms with Crippen LogP contribution in [0.25, 0.3) is 0 Å². The van der Waals surface area contributed by atoms with Gasteiger partial charge in [-0.2, -0.15) is 13.2 Å². The SMILES string of the molecule is FC(F)(F)CN1CCC(Nc2cccc(Cl)n2)CC1. The predicted octanol–water partition coefficient (Wildman–Crippen LogP) is 3.17. The lowest BCUT2D eigenvalue weighted by atomic mass is 10.1. The van der Waals surface area contributed by atoms with Gasteiger partial charge in [-0.3, -0.25) is 4.90 Å². The number of hydrogen-bond donors (Lipinski definition) is 1. The molecule has 1 aromatic heterocycles. The summed E-state index contributed by atoms with van der Waals surface area (Å²) in [6.45, 7) is 0.0601. The van der Waals surface area contributed by atoms with Crippen molar-refractivity contribution < 1.29 is 13.2 Å². The van der Waals surface area contributed by atoms with E-state index in [0.717, 1.165) is 0 Å². The number of halogens is 4. The van der Waals surface area contributed by atoms with E-state index in [2.05, 4.69) is 10.3 Å². The molecule has 7 heteroatoms. The predicted molar refractivity (Wildman–Crippen MR) is 68.4 cm³/mol. The Morgan fingerprint density at radius 2 is 2.00 bits per heavy atom. The van der Waals surface area contributed by atoms with Gasteiger partial charge in [0, 0.05) is 19.1 Å². The summed E-state index contributed by atoms with van der Waals surface area (Å²) in [6.07, 6.45) is -2.77. The number of alkyl halides is 3. The van der Waals surface area contributed by atoms with Crippen molar-refractivity contribution in [2.24, 2.45) is 0 Å². The van der Waals surface area contributed by atoms with E-state index < -0.39 is 12.7 Å². The highest BCUT2D eigenvalue weighted by atomic mass is 35.5. The van der Waals surface area contributed by atoms with Crippen LogP contribution in [0.1, 0.15) is 12.8 Å². The molecule has 1 aliphatic heterocycles. The lowest BCUT2D eigenvalue weighted by molar-refractivity contribution is -0.147. The average molecular weight is 294 g/mol. The first-order valence-electron chi connectivity index (χ1n) is 6.10. The van der Waals surface area contributed by atoms with Crippen LogP contribution in [0.15, 0.2) is 18.2 Å². The summed E-state index contributed by atoms with van der Waals surface area (Å²) < 4.78 is 36.7. The van der Waals surface area contributed by atoms with E-state index in [0.29, 0.717) is 36.9 Å². The zero-order valence-electron chi connectivity index (χ0n) is 10.3. The molecule has 0 radical (unpaired) electrons. The molecule has 0 bridgehead atoms. The second-order valence-corrected chi connectivity index (χ2v) is 5.04. The summed E-state index contributed by atoms with van der Waals surface area (Å²) in [5.74, 6) is 0.668. The topological polar surface area (TPSA) is 28.2 Å². The van der Waals surface area contributed by atoms with Crippen LogP contribution < -0.4 is 5.32 Å². The summed E-state index contributed by atoms with van der Waals surface area (Å²) >= 11 is 5.77. The third-order valence-corrected chi connectivity index (χ3v) is 3.27. The third kappa shape index (κ3) is 4.87. The van der Waals surface area contributed by atoms with Gasteiger partial charge >= 0.3 is 6.18 Å². The van der Waals surface area contributed by atoms with Crippen molar-refractivity contribution in [3.8, 4) is 0 Å². The molecule has 0 atom stereocenters. The molecule has 1 saturated heterocycles. The fourth-order valence-electron chi connectivity index (χ4n) is 2.19. The first-order valence-corrected chi connectivity index (χ1v) is 6.48. The number of hydrogen-bond acceptors (Lipinski definition) is 3. The van der Waals surface area contributed by atoms with Crippen molar-refractivity contribution in [2.75, 3.05) is 25.0 Å². The van der Waals surface area contributed by atoms with Gasteiger partial charge in [0.1, 0.15) is 11.0 Å². The van der Waals surface area contributed by atoms with Gasteiger partial charge in [0.2, 0.25) is 0 Å². The van der Waals surface area contributed by atoms with Crippen LogP contribution in [0, 0.1) is 0 Å². The lowest BCUT2D eigenvalue weighted by Gasteiger charge is -2.32. The van der Waals surface area contributed by atoms with Gasteiger partial charge in [-0.15, -0.1) is 0 Å². The first-order chi connectivity index (χ1) is 8.92. The summed E-state index contributed by atoms with van der Waals surface area (Å²) in [6, 6.07) is 5.42. The Balaban J connectivity index is 1.80. The molecule has 2 rings (SSSR count). The fraction of sp³-hybridized carbons (Fsp3) is 0.583. The van der Waals surface area contributed by atoms with E-state index in [4.69, 9.17) is 11.6 Å². The summed E-state index contributed by atoms with van der Waals surface area (Å²) in [4.78, 5) is 5.54. The minimum absolute atomic E-state index is 0.149. The van der Waals surface area contributed by atoms with Crippen molar-refractivity contribution >= 4 is 17.4 Å². The zero-order chi connectivity index (χ0) is 13.9. The average Bonchev–Trinajstić information content (AvgIpc) is 2.30. The van der Waals surface area contributed by atoms with Gasteiger partial charge in [0.05, 0.1) is 6.54 Å². The quantitative estimate of drug-likeness (QED) is 0.868. The van der Waals surface area contributed by atoms with Gasteiger partial charge in [0.25, 0.3) is 0 Å². The molecule has 1 aromatic rings. The molecule has 1 fully saturated rings. The second kappa shape index (κ2) is 5.96. The number of nitrogens with one attached hydrogen (secondary N) is 1. The molecule has 106 valence electrons. The minimum Gasteiger partial charge on any atom is -0.367 e. The maximum absolute atomic E-state index is 12.2. The molecule has 0 saturated carbocycles. The van der Waals surface area contributed by atoms with Crippen molar-refractivity contribution in [3.63, 3.8) is 0 Å². The van der Waals surface area contributed by atoms with Crippen LogP contribution in [-0.4, -0.2) is 41.7 Å². The monoisotopic (exact) mass is 293 g/mol. The molecule has 2 heterocycles. The fourth-order valence-corrected chi connectivity index (χ4v) is 2.35. The Hall–Kier alpha value is -1.01. The minimum atomic E-state index is -4.12. The van der Waals surface area contributed by atoms with Crippen molar-refractivity contribution in [1.29, 1.82) is 0 Å². The van der Waals surface area contributed by atoms with Crippen molar-refractivity contribution in [3.05, 3.63) is 23.4 Å². The number of pyridine rings is 1. The third-order valence-electron chi connectivity index (χ3n) is 3.06. The van der Waals surface area contributed by atoms with Crippen LogP contribution in [0.5, 0.6) is 0 Å². The summed E-state index contributed by atoms with van der Waals surface area (Å²) in [5, 5.41) is 3.60. The van der Waals surface area contributed by atoms with Gasteiger partial charge in [-0.05, 0) is 25.0 Å². The molecule has 0 unspecified atom stereocenters. The van der Waals surface area contributed by atoms with E-state index in [-0.39, 0.29) is 6.04 Å². The van der Waals surface area contributed by atoms with E-state index in [1.54, 1.807) is 18.2 Å². The van der Waals surface area contributed by atoms with Gasteiger partial charge in [0.15, 0.2) is 0 Å². The van der Waals surface area contributed by atoms with Gasteiger partial charge in [-0.1, -0.05) is 17.7 Å². The number of nitrogens with zero attached hydrogens (tertiary/aromatic N) is 2. The standard InChI is InChI=1S/C12H15ClF3N3/c13-10-2-1-3-11(18-10)17-9-4-6-19(7-5-9)8-12(14,15)16/h1-3,9H,4-8H2,(H,17,18). The highest BCUT2D eigenvalue weighted by molar-refractivity contribution is 6.29. The van der Waals surface area contributed by atoms with Crippen LogP contribution in [0.4, 0.5) is 19.0 Å². The van der Waals surface area contributed by atoms with Crippen LogP contribution in [-0.2, 0) is 0 Å². The lowest BCUT2D eigenvalue weighted by Crippen LogP contribution is -2.43. The Morgan fingerprint density at radius 1 is 1.32 bits per heavy atom. The van der Waals surface area contributed by atoms with Crippen LogP contribution in [0.2, 0.25) is 5.15 Å². The molecule has 0 aromatic carbocycles. The van der Waals surface area contributed by atoms with Crippen molar-refractivity contribution in [2.45, 2.75) is 25.1 Å². The number of aromatic nitrogens is 1. The highest BCUT2D eigenvalue weighted by Gasteiger charge is 2.32. The second-order valence-electron chi connectivity index (χ2n) is 4.66. The number of anilines is 1. The largest absolute Gasteiger partial charge is 0.401 e. The highest BCUT2D eigenvalue weighted by Crippen LogP contribution is 2.21. The van der Waals surface area contributed by atoms with Gasteiger partial charge < -0.3 is 5.32 Å².